The van der Waals surface area contributed by atoms with Gasteiger partial charge in [0.1, 0.15) is 0 Å². The summed E-state index contributed by atoms with van der Waals surface area (Å²) in [6.07, 6.45) is 0. The molecular formula is C16H18FNO2. The average molecular weight is 275 g/mol. The summed E-state index contributed by atoms with van der Waals surface area (Å²) >= 11 is 0. The molecule has 0 saturated carbocycles. The van der Waals surface area contributed by atoms with Crippen LogP contribution in [0, 0.1) is 12.7 Å². The number of methoxy groups -OCH3 is 1. The summed E-state index contributed by atoms with van der Waals surface area (Å²) in [5.74, 6) is 0.755. The minimum absolute atomic E-state index is 0.150. The first-order valence-electron chi connectivity index (χ1n) is 6.39. The molecule has 0 fully saturated rings. The number of hydrogen-bond acceptors (Lipinski definition) is 3. The summed E-state index contributed by atoms with van der Waals surface area (Å²) < 4.78 is 24.8. The molecule has 0 aliphatic carbocycles. The number of ether oxygens (including phenoxy) is 2. The topological polar surface area (TPSA) is 44.5 Å². The number of hydrogen-bond donors (Lipinski definition) is 1. The summed E-state index contributed by atoms with van der Waals surface area (Å²) in [6, 6.07) is 9.98. The number of benzene rings is 2. The molecule has 1 unspecified atom stereocenters. The third-order valence-corrected chi connectivity index (χ3v) is 3.02. The van der Waals surface area contributed by atoms with Crippen molar-refractivity contribution < 1.29 is 13.9 Å². The fourth-order valence-corrected chi connectivity index (χ4v) is 1.86. The molecule has 0 aliphatic rings. The zero-order chi connectivity index (χ0) is 14.7. The largest absolute Gasteiger partial charge is 0.493 e. The smallest absolute Gasteiger partial charge is 0.169 e. The predicted molar refractivity (Wildman–Crippen MR) is 76.8 cm³/mol. The van der Waals surface area contributed by atoms with E-state index in [9.17, 15) is 4.39 Å². The van der Waals surface area contributed by atoms with Crippen molar-refractivity contribution in [1.29, 1.82) is 0 Å². The van der Waals surface area contributed by atoms with Gasteiger partial charge in [0.25, 0.3) is 0 Å². The zero-order valence-corrected chi connectivity index (χ0v) is 11.8. The molecule has 2 N–H and O–H groups in total. The molecule has 106 valence electrons. The summed E-state index contributed by atoms with van der Waals surface area (Å²) in [7, 11) is 1.55. The molecule has 0 aliphatic heterocycles. The van der Waals surface area contributed by atoms with Gasteiger partial charge in [0.15, 0.2) is 23.1 Å². The molecule has 2 aromatic rings. The van der Waals surface area contributed by atoms with Crippen LogP contribution >= 0.6 is 0 Å². The highest BCUT2D eigenvalue weighted by Crippen LogP contribution is 2.33. The Bertz CT molecular complexity index is 611. The SMILES string of the molecule is COc1cc(C)ccc1Oc1ccc(C(C)N)cc1F. The molecule has 0 saturated heterocycles. The molecule has 20 heavy (non-hydrogen) atoms. The van der Waals surface area contributed by atoms with Crippen LogP contribution in [-0.4, -0.2) is 7.11 Å². The van der Waals surface area contributed by atoms with Gasteiger partial charge in [-0.3, -0.25) is 0 Å². The zero-order valence-electron chi connectivity index (χ0n) is 11.8. The number of nitrogens with two attached hydrogens (primary N) is 1. The lowest BCUT2D eigenvalue weighted by atomic mass is 10.1. The Hall–Kier alpha value is -2.07. The number of aryl methyl sites for hydroxylation is 1. The van der Waals surface area contributed by atoms with Crippen LogP contribution in [0.4, 0.5) is 4.39 Å². The third-order valence-electron chi connectivity index (χ3n) is 3.02. The lowest BCUT2D eigenvalue weighted by Gasteiger charge is -2.13. The second kappa shape index (κ2) is 5.92. The second-order valence-corrected chi connectivity index (χ2v) is 4.73. The average Bonchev–Trinajstić information content (AvgIpc) is 2.42. The first kappa shape index (κ1) is 14.3. The van der Waals surface area contributed by atoms with Crippen LogP contribution in [0.25, 0.3) is 0 Å². The van der Waals surface area contributed by atoms with E-state index in [0.29, 0.717) is 11.5 Å². The Morgan fingerprint density at radius 3 is 2.35 bits per heavy atom. The van der Waals surface area contributed by atoms with Gasteiger partial charge < -0.3 is 15.2 Å². The Morgan fingerprint density at radius 1 is 1.05 bits per heavy atom. The van der Waals surface area contributed by atoms with Crippen molar-refractivity contribution in [2.24, 2.45) is 5.73 Å². The molecule has 1 atom stereocenters. The van der Waals surface area contributed by atoms with E-state index in [1.165, 1.54) is 6.07 Å². The van der Waals surface area contributed by atoms with E-state index in [1.807, 2.05) is 19.1 Å². The van der Waals surface area contributed by atoms with Crippen molar-refractivity contribution in [1.82, 2.24) is 0 Å². The molecule has 0 aromatic heterocycles. The van der Waals surface area contributed by atoms with E-state index in [4.69, 9.17) is 15.2 Å². The highest BCUT2D eigenvalue weighted by atomic mass is 19.1. The standard InChI is InChI=1S/C16H18FNO2/c1-10-4-6-15(16(8-10)19-3)20-14-7-5-12(11(2)18)9-13(14)17/h4-9,11H,18H2,1-3H3. The van der Waals surface area contributed by atoms with Gasteiger partial charge in [0.2, 0.25) is 0 Å². The van der Waals surface area contributed by atoms with Gasteiger partial charge in [0, 0.05) is 6.04 Å². The van der Waals surface area contributed by atoms with Gasteiger partial charge in [-0.05, 0) is 49.2 Å². The van der Waals surface area contributed by atoms with Gasteiger partial charge in [-0.15, -0.1) is 0 Å². The predicted octanol–water partition coefficient (Wildman–Crippen LogP) is 3.95. The lowest BCUT2D eigenvalue weighted by Crippen LogP contribution is -2.05. The van der Waals surface area contributed by atoms with E-state index in [0.717, 1.165) is 11.1 Å². The van der Waals surface area contributed by atoms with Crippen molar-refractivity contribution >= 4 is 0 Å². The highest BCUT2D eigenvalue weighted by molar-refractivity contribution is 5.45. The van der Waals surface area contributed by atoms with Crippen LogP contribution in [0.1, 0.15) is 24.1 Å². The van der Waals surface area contributed by atoms with Crippen molar-refractivity contribution in [3.8, 4) is 17.2 Å². The van der Waals surface area contributed by atoms with Gasteiger partial charge >= 0.3 is 0 Å². The van der Waals surface area contributed by atoms with E-state index in [2.05, 4.69) is 0 Å². The second-order valence-electron chi connectivity index (χ2n) is 4.73. The van der Waals surface area contributed by atoms with Crippen molar-refractivity contribution in [3.63, 3.8) is 0 Å². The minimum Gasteiger partial charge on any atom is -0.493 e. The summed E-state index contributed by atoms with van der Waals surface area (Å²) in [5, 5.41) is 0. The molecule has 3 nitrogen and oxygen atoms in total. The normalized spacial score (nSPS) is 12.1. The fraction of sp³-hybridized carbons (Fsp3) is 0.250. The molecular weight excluding hydrogens is 257 g/mol. The van der Waals surface area contributed by atoms with Crippen LogP contribution in [0.2, 0.25) is 0 Å². The van der Waals surface area contributed by atoms with E-state index >= 15 is 0 Å². The van der Waals surface area contributed by atoms with Crippen LogP contribution in [0.3, 0.4) is 0 Å². The van der Waals surface area contributed by atoms with E-state index in [1.54, 1.807) is 32.2 Å². The maximum absolute atomic E-state index is 14.0. The minimum atomic E-state index is -0.442. The molecule has 2 aromatic carbocycles. The maximum Gasteiger partial charge on any atom is 0.169 e. The first-order valence-corrected chi connectivity index (χ1v) is 6.39. The van der Waals surface area contributed by atoms with Gasteiger partial charge in [-0.2, -0.15) is 0 Å². The Kier molecular flexibility index (Phi) is 4.25. The van der Waals surface area contributed by atoms with Crippen molar-refractivity contribution in [3.05, 3.63) is 53.3 Å². The molecule has 2 rings (SSSR count). The Labute approximate surface area is 118 Å². The number of halogens is 1. The van der Waals surface area contributed by atoms with Crippen LogP contribution < -0.4 is 15.2 Å². The molecule has 0 radical (unpaired) electrons. The summed E-state index contributed by atoms with van der Waals surface area (Å²) in [5.41, 5.74) is 7.49. The van der Waals surface area contributed by atoms with E-state index in [-0.39, 0.29) is 11.8 Å². The van der Waals surface area contributed by atoms with Crippen molar-refractivity contribution in [2.75, 3.05) is 7.11 Å². The van der Waals surface area contributed by atoms with Gasteiger partial charge in [-0.1, -0.05) is 12.1 Å². The first-order chi connectivity index (χ1) is 9.51. The van der Waals surface area contributed by atoms with Crippen LogP contribution in [0.5, 0.6) is 17.2 Å². The molecule has 0 spiro atoms. The van der Waals surface area contributed by atoms with Crippen molar-refractivity contribution in [2.45, 2.75) is 19.9 Å². The summed E-state index contributed by atoms with van der Waals surface area (Å²) in [4.78, 5) is 0. The molecule has 4 heteroatoms. The molecule has 0 heterocycles. The third kappa shape index (κ3) is 3.08. The Balaban J connectivity index is 2.30. The lowest BCUT2D eigenvalue weighted by molar-refractivity contribution is 0.370. The van der Waals surface area contributed by atoms with Crippen LogP contribution in [-0.2, 0) is 0 Å². The molecule has 0 bridgehead atoms. The maximum atomic E-state index is 14.0. The Morgan fingerprint density at radius 2 is 1.75 bits per heavy atom. The monoisotopic (exact) mass is 275 g/mol. The van der Waals surface area contributed by atoms with Gasteiger partial charge in [0.05, 0.1) is 7.11 Å². The quantitative estimate of drug-likeness (QED) is 0.918. The van der Waals surface area contributed by atoms with Gasteiger partial charge in [-0.25, -0.2) is 4.39 Å². The number of rotatable bonds is 4. The van der Waals surface area contributed by atoms with Crippen LogP contribution in [0.15, 0.2) is 36.4 Å². The van der Waals surface area contributed by atoms with E-state index < -0.39 is 5.82 Å². The fourth-order valence-electron chi connectivity index (χ4n) is 1.86. The summed E-state index contributed by atoms with van der Waals surface area (Å²) in [6.45, 7) is 3.75. The molecule has 0 amide bonds. The highest BCUT2D eigenvalue weighted by Gasteiger charge is 2.11.